The maximum atomic E-state index is 10.3. The van der Waals surface area contributed by atoms with E-state index in [9.17, 15) is 23.1 Å². The third kappa shape index (κ3) is 5.23. The molecule has 0 radical (unpaired) electrons. The van der Waals surface area contributed by atoms with Gasteiger partial charge in [-0.25, -0.2) is 0 Å². The van der Waals surface area contributed by atoms with Crippen molar-refractivity contribution in [1.82, 2.24) is 0 Å². The Balaban J connectivity index is 0.00000144. The Morgan fingerprint density at radius 1 is 0.692 bits per heavy atom. The normalized spacial score (nSPS) is 51.0. The molecule has 13 heavy (non-hydrogen) atoms. The average molecular weight is 438 g/mol. The van der Waals surface area contributed by atoms with E-state index >= 15 is 0 Å². The van der Waals surface area contributed by atoms with Gasteiger partial charge in [0, 0.05) is 0 Å². The first-order valence-electron chi connectivity index (χ1n) is 2.19. The molecule has 13 heteroatoms. The van der Waals surface area contributed by atoms with Crippen LogP contribution in [0.1, 0.15) is 0 Å². The van der Waals surface area contributed by atoms with Gasteiger partial charge in [-0.3, -0.25) is 0 Å². The minimum Gasteiger partial charge on any atom is 3.00 e. The van der Waals surface area contributed by atoms with E-state index in [1.807, 2.05) is 0 Å². The molecule has 0 bridgehead atoms. The van der Waals surface area contributed by atoms with E-state index in [0.717, 1.165) is 0 Å². The first-order chi connectivity index (χ1) is 5.12. The van der Waals surface area contributed by atoms with Crippen molar-refractivity contribution in [1.29, 1.82) is 0 Å². The van der Waals surface area contributed by atoms with E-state index in [0.29, 0.717) is 0 Å². The van der Waals surface area contributed by atoms with Crippen LogP contribution in [0, 0.1) is 41.3 Å². The van der Waals surface area contributed by atoms with Crippen LogP contribution in [-0.2, 0) is 63.9 Å². The van der Waals surface area contributed by atoms with Crippen LogP contribution in [0.4, 0.5) is 0 Å². The third-order valence-electron chi connectivity index (χ3n) is 0.600. The molecule has 0 aromatic rings. The van der Waals surface area contributed by atoms with Crippen LogP contribution < -0.4 is 12.1 Å². The monoisotopic (exact) mass is 438 g/mol. The standard InChI is InChI=1S/9O.Pr.3V/q;;;;;;3*-1;+3;;;. The van der Waals surface area contributed by atoms with Crippen LogP contribution in [0.15, 0.2) is 0 Å². The maximum Gasteiger partial charge on any atom is 3.00 e. The van der Waals surface area contributed by atoms with E-state index in [-0.39, 0.29) is 41.3 Å². The van der Waals surface area contributed by atoms with Crippen LogP contribution in [-0.4, -0.2) is 0 Å². The SMILES string of the molecule is [O]=[V]1([O-])[O][V](=[O])([O-])[O][V](=[O])([O-])[O]1.[Pr+3]. The molecule has 0 aliphatic carbocycles. The topological polar surface area (TPSA) is 148 Å². The molecule has 0 spiro atoms. The largest absolute Gasteiger partial charge is 3.00 e. The van der Waals surface area contributed by atoms with Crippen molar-refractivity contribution in [2.24, 2.45) is 0 Å². The second kappa shape index (κ2) is 4.64. The van der Waals surface area contributed by atoms with Gasteiger partial charge in [0.15, 0.2) is 0 Å². The van der Waals surface area contributed by atoms with E-state index in [1.165, 1.54) is 0 Å². The summed E-state index contributed by atoms with van der Waals surface area (Å²) in [5, 5.41) is 0. The van der Waals surface area contributed by atoms with Crippen molar-refractivity contribution in [3.05, 3.63) is 0 Å². The van der Waals surface area contributed by atoms with Crippen molar-refractivity contribution in [3.8, 4) is 0 Å². The van der Waals surface area contributed by atoms with Crippen LogP contribution >= 0.6 is 0 Å². The summed E-state index contributed by atoms with van der Waals surface area (Å²) in [7, 11) is 0. The van der Waals surface area contributed by atoms with Gasteiger partial charge in [0.1, 0.15) is 0 Å². The van der Waals surface area contributed by atoms with E-state index in [2.05, 4.69) is 7.76 Å². The molecule has 0 unspecified atom stereocenters. The third-order valence-corrected chi connectivity index (χ3v) is 10.2. The molecule has 72 valence electrons. The fraction of sp³-hybridized carbons (Fsp3) is 0. The molecule has 0 aromatic carbocycles. The van der Waals surface area contributed by atoms with E-state index in [1.54, 1.807) is 0 Å². The van der Waals surface area contributed by atoms with Gasteiger partial charge in [-0.1, -0.05) is 0 Å². The summed E-state index contributed by atoms with van der Waals surface area (Å²) in [6, 6.07) is 0. The van der Waals surface area contributed by atoms with Gasteiger partial charge in [-0.05, 0) is 0 Å². The quantitative estimate of drug-likeness (QED) is 0.368. The molecule has 0 N–H and O–H groups in total. The van der Waals surface area contributed by atoms with Crippen molar-refractivity contribution in [2.75, 3.05) is 0 Å². The summed E-state index contributed by atoms with van der Waals surface area (Å²) in [4.78, 5) is 0. The van der Waals surface area contributed by atoms with Crippen LogP contribution in [0.3, 0.4) is 0 Å². The number of rotatable bonds is 0. The Morgan fingerprint density at radius 2 is 0.846 bits per heavy atom. The molecule has 1 heterocycles. The van der Waals surface area contributed by atoms with E-state index < -0.39 is 45.1 Å². The minimum absolute atomic E-state index is 0. The molecule has 0 aromatic heterocycles. The van der Waals surface area contributed by atoms with Crippen molar-refractivity contribution >= 4 is 0 Å². The molecule has 1 aliphatic heterocycles. The molecular weight excluding hydrogens is 438 g/mol. The first kappa shape index (κ1) is 15.3. The van der Waals surface area contributed by atoms with Gasteiger partial charge in [0.2, 0.25) is 0 Å². The molecule has 1 aliphatic rings. The molecule has 1 fully saturated rings. The van der Waals surface area contributed by atoms with Gasteiger partial charge >= 0.3 is 117 Å². The van der Waals surface area contributed by atoms with E-state index in [4.69, 9.17) is 0 Å². The van der Waals surface area contributed by atoms with Gasteiger partial charge < -0.3 is 0 Å². The van der Waals surface area contributed by atoms with Crippen LogP contribution in [0.5, 0.6) is 0 Å². The zero-order valence-corrected chi connectivity index (χ0v) is 13.5. The molecule has 1 rings (SSSR count). The Labute approximate surface area is 115 Å². The zero-order valence-electron chi connectivity index (χ0n) is 5.59. The smallest absolute Gasteiger partial charge is 3.00 e. The van der Waals surface area contributed by atoms with Crippen molar-refractivity contribution in [2.45, 2.75) is 0 Å². The Bertz CT molecular complexity index is 259. The van der Waals surface area contributed by atoms with Gasteiger partial charge in [-0.2, -0.15) is 0 Å². The van der Waals surface area contributed by atoms with Crippen molar-refractivity contribution in [3.63, 3.8) is 0 Å². The predicted molar refractivity (Wildman–Crippen MR) is 5.31 cm³/mol. The fourth-order valence-corrected chi connectivity index (χ4v) is 9.38. The molecule has 0 amide bonds. The van der Waals surface area contributed by atoms with Crippen LogP contribution in [0.25, 0.3) is 0 Å². The summed E-state index contributed by atoms with van der Waals surface area (Å²) in [5.41, 5.74) is 0. The van der Waals surface area contributed by atoms with Gasteiger partial charge in [-0.15, -0.1) is 0 Å². The molecule has 9 nitrogen and oxygen atoms in total. The number of hydrogen-bond donors (Lipinski definition) is 0. The fourth-order valence-electron chi connectivity index (χ4n) is 0.412. The van der Waals surface area contributed by atoms with Crippen molar-refractivity contribution < 1.29 is 117 Å². The summed E-state index contributed by atoms with van der Waals surface area (Å²) in [6.45, 7) is 0. The van der Waals surface area contributed by atoms with Crippen LogP contribution in [0.2, 0.25) is 0 Å². The molecular formula is O9PrV3. The second-order valence-electron chi connectivity index (χ2n) is 1.59. The second-order valence-corrected chi connectivity index (χ2v) is 9.70. The zero-order chi connectivity index (χ0) is 9.62. The summed E-state index contributed by atoms with van der Waals surface area (Å²) < 4.78 is 71.9. The Hall–Kier alpha value is 2.28. The molecule has 0 atom stereocenters. The van der Waals surface area contributed by atoms with Gasteiger partial charge in [0.25, 0.3) is 0 Å². The summed E-state index contributed by atoms with van der Waals surface area (Å²) >= 11 is -17.8. The molecule has 0 saturated carbocycles. The predicted octanol–water partition coefficient (Wildman–Crippen LogP) is -4.14. The minimum atomic E-state index is -5.92. The van der Waals surface area contributed by atoms with Gasteiger partial charge in [0.05, 0.1) is 0 Å². The summed E-state index contributed by atoms with van der Waals surface area (Å²) in [5.74, 6) is 0. The maximum absolute atomic E-state index is 10.3. The summed E-state index contributed by atoms with van der Waals surface area (Å²) in [6.07, 6.45) is 0. The Kier molecular flexibility index (Phi) is 5.46. The average Bonchev–Trinajstić information content (AvgIpc) is 1.44. The first-order valence-corrected chi connectivity index (χ1v) is 9.03. The Morgan fingerprint density at radius 3 is 1.00 bits per heavy atom. The number of hydrogen-bond acceptors (Lipinski definition) is 9. The molecule has 1 saturated heterocycles.